The lowest BCUT2D eigenvalue weighted by molar-refractivity contribution is 0.0382. The molecule has 1 aromatic carbocycles. The van der Waals surface area contributed by atoms with Crippen molar-refractivity contribution >= 4 is 11.6 Å². The first kappa shape index (κ1) is 12.9. The van der Waals surface area contributed by atoms with Gasteiger partial charge in [-0.1, -0.05) is 30.7 Å². The van der Waals surface area contributed by atoms with Gasteiger partial charge < -0.3 is 10.1 Å². The third-order valence-corrected chi connectivity index (χ3v) is 3.32. The predicted octanol–water partition coefficient (Wildman–Crippen LogP) is 3.39. The Hall–Kier alpha value is -0.570. The molecular formula is C14H20ClNO. The zero-order valence-corrected chi connectivity index (χ0v) is 11.0. The standard InChI is InChI=1S/C14H20ClNO/c1-2-14(9-16-13-7-8-13)17-10-11-3-5-12(15)6-4-11/h3-6,13-14,16H,2,7-10H2,1H3. The number of hydrogen-bond acceptors (Lipinski definition) is 2. The maximum atomic E-state index is 5.89. The van der Waals surface area contributed by atoms with Crippen LogP contribution in [-0.4, -0.2) is 18.7 Å². The first-order valence-corrected chi connectivity index (χ1v) is 6.75. The van der Waals surface area contributed by atoms with Gasteiger partial charge in [0.05, 0.1) is 12.7 Å². The summed E-state index contributed by atoms with van der Waals surface area (Å²) in [5.74, 6) is 0. The first-order valence-electron chi connectivity index (χ1n) is 6.37. The van der Waals surface area contributed by atoms with Crippen molar-refractivity contribution in [3.8, 4) is 0 Å². The van der Waals surface area contributed by atoms with E-state index in [1.54, 1.807) is 0 Å². The highest BCUT2D eigenvalue weighted by Gasteiger charge is 2.21. The molecule has 0 saturated heterocycles. The van der Waals surface area contributed by atoms with Crippen molar-refractivity contribution in [1.82, 2.24) is 5.32 Å². The lowest BCUT2D eigenvalue weighted by Crippen LogP contribution is -2.30. The molecule has 2 nitrogen and oxygen atoms in total. The molecule has 1 aliphatic rings. The average molecular weight is 254 g/mol. The van der Waals surface area contributed by atoms with E-state index in [1.165, 1.54) is 18.4 Å². The normalized spacial score (nSPS) is 17.1. The highest BCUT2D eigenvalue weighted by Crippen LogP contribution is 2.19. The number of nitrogens with one attached hydrogen (secondary N) is 1. The summed E-state index contributed by atoms with van der Waals surface area (Å²) in [5.41, 5.74) is 1.18. The van der Waals surface area contributed by atoms with Gasteiger partial charge in [-0.15, -0.1) is 0 Å². The quantitative estimate of drug-likeness (QED) is 0.804. The molecule has 0 aromatic heterocycles. The van der Waals surface area contributed by atoms with E-state index in [0.29, 0.717) is 12.7 Å². The van der Waals surface area contributed by atoms with Gasteiger partial charge in [0.25, 0.3) is 0 Å². The van der Waals surface area contributed by atoms with Gasteiger partial charge in [0.2, 0.25) is 0 Å². The second-order valence-corrected chi connectivity index (χ2v) is 5.09. The molecule has 94 valence electrons. The van der Waals surface area contributed by atoms with Crippen LogP contribution in [-0.2, 0) is 11.3 Å². The van der Waals surface area contributed by atoms with Gasteiger partial charge in [-0.3, -0.25) is 0 Å². The van der Waals surface area contributed by atoms with Gasteiger partial charge in [0, 0.05) is 17.6 Å². The lowest BCUT2D eigenvalue weighted by atomic mass is 10.2. The molecule has 0 bridgehead atoms. The van der Waals surface area contributed by atoms with Crippen molar-refractivity contribution in [1.29, 1.82) is 0 Å². The Morgan fingerprint density at radius 2 is 2.06 bits per heavy atom. The molecule has 1 N–H and O–H groups in total. The van der Waals surface area contributed by atoms with E-state index in [4.69, 9.17) is 16.3 Å². The molecule has 0 radical (unpaired) electrons. The third kappa shape index (κ3) is 4.66. The van der Waals surface area contributed by atoms with Crippen LogP contribution in [0, 0.1) is 0 Å². The number of rotatable bonds is 7. The van der Waals surface area contributed by atoms with Crippen LogP contribution >= 0.6 is 11.6 Å². The second kappa shape index (κ2) is 6.39. The Balaban J connectivity index is 1.72. The summed E-state index contributed by atoms with van der Waals surface area (Å²) in [6, 6.07) is 8.60. The summed E-state index contributed by atoms with van der Waals surface area (Å²) in [6.07, 6.45) is 4.01. The molecule has 0 heterocycles. The molecule has 0 spiro atoms. The first-order chi connectivity index (χ1) is 8.28. The fourth-order valence-corrected chi connectivity index (χ4v) is 1.83. The van der Waals surface area contributed by atoms with Crippen LogP contribution in [0.2, 0.25) is 5.02 Å². The number of ether oxygens (including phenoxy) is 1. The average Bonchev–Trinajstić information content (AvgIpc) is 3.15. The third-order valence-electron chi connectivity index (χ3n) is 3.07. The van der Waals surface area contributed by atoms with Gasteiger partial charge in [0.15, 0.2) is 0 Å². The molecule has 3 heteroatoms. The Labute approximate surface area is 108 Å². The summed E-state index contributed by atoms with van der Waals surface area (Å²) in [5, 5.41) is 4.28. The van der Waals surface area contributed by atoms with Crippen molar-refractivity contribution in [2.75, 3.05) is 6.54 Å². The summed E-state index contributed by atoms with van der Waals surface area (Å²) in [7, 11) is 0. The minimum absolute atomic E-state index is 0.311. The van der Waals surface area contributed by atoms with Gasteiger partial charge in [-0.25, -0.2) is 0 Å². The fraction of sp³-hybridized carbons (Fsp3) is 0.571. The van der Waals surface area contributed by atoms with Crippen LogP contribution in [0.5, 0.6) is 0 Å². The van der Waals surface area contributed by atoms with E-state index >= 15 is 0 Å². The summed E-state index contributed by atoms with van der Waals surface area (Å²) >= 11 is 5.84. The van der Waals surface area contributed by atoms with Crippen molar-refractivity contribution in [3.05, 3.63) is 34.9 Å². The van der Waals surface area contributed by atoms with E-state index in [-0.39, 0.29) is 0 Å². The molecule has 1 unspecified atom stereocenters. The molecule has 0 amide bonds. The zero-order valence-electron chi connectivity index (χ0n) is 10.3. The second-order valence-electron chi connectivity index (χ2n) is 4.65. The van der Waals surface area contributed by atoms with E-state index in [1.807, 2.05) is 24.3 Å². The van der Waals surface area contributed by atoms with Gasteiger partial charge in [-0.2, -0.15) is 0 Å². The Morgan fingerprint density at radius 1 is 1.35 bits per heavy atom. The monoisotopic (exact) mass is 253 g/mol. The summed E-state index contributed by atoms with van der Waals surface area (Å²) in [4.78, 5) is 0. The highest BCUT2D eigenvalue weighted by atomic mass is 35.5. The maximum absolute atomic E-state index is 5.89. The molecule has 1 aromatic rings. The molecule has 1 aliphatic carbocycles. The minimum atomic E-state index is 0.311. The minimum Gasteiger partial charge on any atom is -0.372 e. The molecule has 1 fully saturated rings. The SMILES string of the molecule is CCC(CNC1CC1)OCc1ccc(Cl)cc1. The van der Waals surface area contributed by atoms with Gasteiger partial charge in [-0.05, 0) is 37.0 Å². The van der Waals surface area contributed by atoms with Crippen molar-refractivity contribution < 1.29 is 4.74 Å². The fourth-order valence-electron chi connectivity index (χ4n) is 1.70. The van der Waals surface area contributed by atoms with E-state index in [9.17, 15) is 0 Å². The van der Waals surface area contributed by atoms with Crippen molar-refractivity contribution in [2.45, 2.75) is 44.9 Å². The maximum Gasteiger partial charge on any atom is 0.0721 e. The van der Waals surface area contributed by atoms with Crippen LogP contribution in [0.3, 0.4) is 0 Å². The summed E-state index contributed by atoms with van der Waals surface area (Å²) < 4.78 is 5.89. The van der Waals surface area contributed by atoms with E-state index in [0.717, 1.165) is 24.0 Å². The summed E-state index contributed by atoms with van der Waals surface area (Å²) in [6.45, 7) is 3.80. The van der Waals surface area contributed by atoms with E-state index < -0.39 is 0 Å². The van der Waals surface area contributed by atoms with Gasteiger partial charge >= 0.3 is 0 Å². The predicted molar refractivity (Wildman–Crippen MR) is 71.3 cm³/mol. The number of halogens is 1. The lowest BCUT2D eigenvalue weighted by Gasteiger charge is -2.16. The Morgan fingerprint density at radius 3 is 2.65 bits per heavy atom. The molecular weight excluding hydrogens is 234 g/mol. The van der Waals surface area contributed by atoms with Crippen LogP contribution in [0.15, 0.2) is 24.3 Å². The molecule has 0 aliphatic heterocycles. The van der Waals surface area contributed by atoms with Crippen LogP contribution < -0.4 is 5.32 Å². The number of benzene rings is 1. The zero-order chi connectivity index (χ0) is 12.1. The topological polar surface area (TPSA) is 21.3 Å². The largest absolute Gasteiger partial charge is 0.372 e. The highest BCUT2D eigenvalue weighted by molar-refractivity contribution is 6.30. The molecule has 1 saturated carbocycles. The van der Waals surface area contributed by atoms with Crippen LogP contribution in [0.4, 0.5) is 0 Å². The van der Waals surface area contributed by atoms with Crippen molar-refractivity contribution in [2.24, 2.45) is 0 Å². The number of hydrogen-bond donors (Lipinski definition) is 1. The molecule has 2 rings (SSSR count). The molecule has 17 heavy (non-hydrogen) atoms. The van der Waals surface area contributed by atoms with Crippen LogP contribution in [0.1, 0.15) is 31.7 Å². The van der Waals surface area contributed by atoms with Crippen LogP contribution in [0.25, 0.3) is 0 Å². The van der Waals surface area contributed by atoms with E-state index in [2.05, 4.69) is 12.2 Å². The molecule has 1 atom stereocenters. The Kier molecular flexibility index (Phi) is 4.84. The smallest absolute Gasteiger partial charge is 0.0721 e. The Bertz CT molecular complexity index is 335. The van der Waals surface area contributed by atoms with Crippen molar-refractivity contribution in [3.63, 3.8) is 0 Å². The van der Waals surface area contributed by atoms with Gasteiger partial charge in [0.1, 0.15) is 0 Å².